The minimum Gasteiger partial charge on any atom is -0.323 e. The van der Waals surface area contributed by atoms with Crippen LogP contribution < -0.4 is 5.32 Å². The van der Waals surface area contributed by atoms with Gasteiger partial charge in [-0.25, -0.2) is 18.1 Å². The number of fused-ring (bicyclic) bond motifs is 1. The summed E-state index contributed by atoms with van der Waals surface area (Å²) in [7, 11) is -3.54. The highest BCUT2D eigenvalue weighted by Crippen LogP contribution is 2.38. The average molecular weight is 461 g/mol. The first kappa shape index (κ1) is 21.9. The van der Waals surface area contributed by atoms with Crippen LogP contribution in [0.1, 0.15) is 50.2 Å². The van der Waals surface area contributed by atoms with Gasteiger partial charge in [0.2, 0.25) is 10.0 Å². The molecule has 1 aromatic rings. The fraction of sp³-hybridized carbons (Fsp3) is 0.652. The molecule has 174 valence electrons. The lowest BCUT2D eigenvalue weighted by Crippen LogP contribution is -2.55. The van der Waals surface area contributed by atoms with Crippen molar-refractivity contribution in [1.82, 2.24) is 19.4 Å². The fourth-order valence-corrected chi connectivity index (χ4v) is 7.27. The minimum atomic E-state index is -3.54. The van der Waals surface area contributed by atoms with Gasteiger partial charge in [-0.3, -0.25) is 9.69 Å². The van der Waals surface area contributed by atoms with Crippen LogP contribution in [-0.2, 0) is 27.7 Å². The number of nitrogens with zero attached hydrogens (tertiary/aromatic N) is 3. The largest absolute Gasteiger partial charge is 0.326 e. The molecular formula is C23H32N4O4S. The molecule has 32 heavy (non-hydrogen) atoms. The molecule has 3 fully saturated rings. The van der Waals surface area contributed by atoms with Crippen LogP contribution in [0.25, 0.3) is 0 Å². The molecule has 2 heterocycles. The van der Waals surface area contributed by atoms with Gasteiger partial charge in [-0.05, 0) is 61.3 Å². The summed E-state index contributed by atoms with van der Waals surface area (Å²) in [5.41, 5.74) is 1.65. The van der Waals surface area contributed by atoms with Crippen LogP contribution in [-0.4, -0.2) is 72.8 Å². The quantitative estimate of drug-likeness (QED) is 0.694. The zero-order valence-electron chi connectivity index (χ0n) is 18.7. The van der Waals surface area contributed by atoms with E-state index in [0.717, 1.165) is 44.1 Å². The molecule has 1 aromatic carbocycles. The number of amides is 3. The highest BCUT2D eigenvalue weighted by molar-refractivity contribution is 7.89. The first-order valence-electron chi connectivity index (χ1n) is 11.8. The van der Waals surface area contributed by atoms with E-state index in [9.17, 15) is 18.0 Å². The first-order chi connectivity index (χ1) is 15.3. The standard InChI is InChI=1S/C23H32N4O4S/c1-17-5-2-3-10-23(17)21(28)27(22(29)24-23)16-25-11-13-26(14-12-25)32(30,31)20-9-8-18-6-4-7-19(18)15-20/h8-9,15,17H,2-7,10-14,16H2,1H3,(H,24,29)/t17-,23+/m1/s1. The molecule has 2 aliphatic heterocycles. The summed E-state index contributed by atoms with van der Waals surface area (Å²) in [5, 5.41) is 2.99. The zero-order valence-corrected chi connectivity index (χ0v) is 19.5. The fourth-order valence-electron chi connectivity index (χ4n) is 5.79. The molecule has 1 N–H and O–H groups in total. The van der Waals surface area contributed by atoms with Crippen molar-refractivity contribution in [3.63, 3.8) is 0 Å². The number of imide groups is 1. The van der Waals surface area contributed by atoms with Gasteiger partial charge in [0, 0.05) is 26.2 Å². The molecule has 2 saturated heterocycles. The van der Waals surface area contributed by atoms with Gasteiger partial charge >= 0.3 is 6.03 Å². The molecule has 3 amide bonds. The van der Waals surface area contributed by atoms with Gasteiger partial charge in [0.15, 0.2) is 0 Å². The zero-order chi connectivity index (χ0) is 22.5. The topological polar surface area (TPSA) is 90.0 Å². The third-order valence-corrected chi connectivity index (χ3v) is 9.78. The molecular weight excluding hydrogens is 428 g/mol. The lowest BCUT2D eigenvalue weighted by molar-refractivity contribution is -0.135. The molecule has 0 radical (unpaired) electrons. The second kappa shape index (κ2) is 8.11. The summed E-state index contributed by atoms with van der Waals surface area (Å²) in [5.74, 6) is 0.00917. The smallest absolute Gasteiger partial charge is 0.323 e. The Morgan fingerprint density at radius 3 is 2.53 bits per heavy atom. The van der Waals surface area contributed by atoms with Gasteiger partial charge in [-0.1, -0.05) is 25.8 Å². The lowest BCUT2D eigenvalue weighted by atomic mass is 9.73. The predicted molar refractivity (Wildman–Crippen MR) is 119 cm³/mol. The Kier molecular flexibility index (Phi) is 5.54. The highest BCUT2D eigenvalue weighted by Gasteiger charge is 2.55. The number of benzene rings is 1. The number of hydrogen-bond acceptors (Lipinski definition) is 5. The maximum absolute atomic E-state index is 13.2. The van der Waals surface area contributed by atoms with E-state index in [2.05, 4.69) is 5.32 Å². The van der Waals surface area contributed by atoms with Gasteiger partial charge in [-0.15, -0.1) is 0 Å². The molecule has 2 aliphatic carbocycles. The number of hydrogen-bond donors (Lipinski definition) is 1. The third-order valence-electron chi connectivity index (χ3n) is 7.88. The Morgan fingerprint density at radius 1 is 1.03 bits per heavy atom. The van der Waals surface area contributed by atoms with Crippen molar-refractivity contribution in [2.45, 2.75) is 62.3 Å². The molecule has 9 heteroatoms. The number of nitrogens with one attached hydrogen (secondary N) is 1. The molecule has 0 aromatic heterocycles. The number of carbonyl (C=O) groups excluding carboxylic acids is 2. The van der Waals surface area contributed by atoms with Gasteiger partial charge in [0.05, 0.1) is 11.6 Å². The minimum absolute atomic E-state index is 0.122. The van der Waals surface area contributed by atoms with Crippen LogP contribution in [0, 0.1) is 5.92 Å². The van der Waals surface area contributed by atoms with Crippen molar-refractivity contribution >= 4 is 22.0 Å². The van der Waals surface area contributed by atoms with Crippen LogP contribution in [0.2, 0.25) is 0 Å². The molecule has 2 atom stereocenters. The van der Waals surface area contributed by atoms with Crippen molar-refractivity contribution < 1.29 is 18.0 Å². The van der Waals surface area contributed by atoms with Crippen molar-refractivity contribution in [3.8, 4) is 0 Å². The first-order valence-corrected chi connectivity index (χ1v) is 13.2. The van der Waals surface area contributed by atoms with Crippen molar-refractivity contribution in [2.75, 3.05) is 32.8 Å². The molecule has 0 unspecified atom stereocenters. The molecule has 1 spiro atoms. The second-order valence-electron chi connectivity index (χ2n) is 9.73. The number of carbonyl (C=O) groups is 2. The monoisotopic (exact) mass is 460 g/mol. The maximum atomic E-state index is 13.2. The Morgan fingerprint density at radius 2 is 1.78 bits per heavy atom. The number of aryl methyl sites for hydroxylation is 2. The summed E-state index contributed by atoms with van der Waals surface area (Å²) in [6.07, 6.45) is 6.73. The Labute approximate surface area is 190 Å². The normalized spacial score (nSPS) is 29.5. The van der Waals surface area contributed by atoms with Gasteiger partial charge in [0.25, 0.3) is 5.91 Å². The Hall–Kier alpha value is -1.97. The summed E-state index contributed by atoms with van der Waals surface area (Å²) < 4.78 is 27.8. The van der Waals surface area contributed by atoms with Crippen LogP contribution >= 0.6 is 0 Å². The van der Waals surface area contributed by atoms with E-state index in [1.165, 1.54) is 14.8 Å². The predicted octanol–water partition coefficient (Wildman–Crippen LogP) is 1.94. The summed E-state index contributed by atoms with van der Waals surface area (Å²) in [6, 6.07) is 5.19. The molecule has 8 nitrogen and oxygen atoms in total. The van der Waals surface area contributed by atoms with Crippen LogP contribution in [0.3, 0.4) is 0 Å². The number of sulfonamides is 1. The number of piperazine rings is 1. The molecule has 4 aliphatic rings. The SMILES string of the molecule is C[C@@H]1CCCC[C@]12NC(=O)N(CN1CCN(S(=O)(=O)c3ccc4c(c3)CCC4)CC1)C2=O. The molecule has 5 rings (SSSR count). The van der Waals surface area contributed by atoms with E-state index in [1.807, 2.05) is 24.0 Å². The van der Waals surface area contributed by atoms with E-state index in [4.69, 9.17) is 0 Å². The number of urea groups is 1. The second-order valence-corrected chi connectivity index (χ2v) is 11.7. The van der Waals surface area contributed by atoms with Gasteiger partial charge in [0.1, 0.15) is 5.54 Å². The molecule has 0 bridgehead atoms. The number of rotatable bonds is 4. The van der Waals surface area contributed by atoms with Crippen LogP contribution in [0.5, 0.6) is 0 Å². The molecule has 1 saturated carbocycles. The Bertz CT molecular complexity index is 1030. The summed E-state index contributed by atoms with van der Waals surface area (Å²) in [4.78, 5) is 29.5. The highest BCUT2D eigenvalue weighted by atomic mass is 32.2. The Balaban J connectivity index is 1.22. The third kappa shape index (κ3) is 3.54. The summed E-state index contributed by atoms with van der Waals surface area (Å²) >= 11 is 0. The lowest BCUT2D eigenvalue weighted by Gasteiger charge is -2.38. The van der Waals surface area contributed by atoms with Crippen molar-refractivity contribution in [1.29, 1.82) is 0 Å². The van der Waals surface area contributed by atoms with Crippen molar-refractivity contribution in [2.24, 2.45) is 5.92 Å². The van der Waals surface area contributed by atoms with E-state index >= 15 is 0 Å². The van der Waals surface area contributed by atoms with E-state index in [-0.39, 0.29) is 24.5 Å². The van der Waals surface area contributed by atoms with Crippen LogP contribution in [0.4, 0.5) is 4.79 Å². The van der Waals surface area contributed by atoms with Gasteiger partial charge < -0.3 is 5.32 Å². The van der Waals surface area contributed by atoms with E-state index in [1.54, 1.807) is 6.07 Å². The average Bonchev–Trinajstić information content (AvgIpc) is 3.35. The van der Waals surface area contributed by atoms with E-state index in [0.29, 0.717) is 37.5 Å². The summed E-state index contributed by atoms with van der Waals surface area (Å²) in [6.45, 7) is 3.94. The van der Waals surface area contributed by atoms with Gasteiger partial charge in [-0.2, -0.15) is 4.31 Å². The van der Waals surface area contributed by atoms with Crippen LogP contribution in [0.15, 0.2) is 23.1 Å². The van der Waals surface area contributed by atoms with E-state index < -0.39 is 15.6 Å². The van der Waals surface area contributed by atoms with Crippen molar-refractivity contribution in [3.05, 3.63) is 29.3 Å². The maximum Gasteiger partial charge on any atom is 0.326 e.